The molecule has 6 heteroatoms. The number of nitrogens with one attached hydrogen (secondary N) is 1. The second-order valence-electron chi connectivity index (χ2n) is 7.16. The number of likely N-dealkylation sites (N-methyl/N-ethyl adjacent to an activating group) is 1. The Bertz CT molecular complexity index is 918. The molecule has 1 saturated heterocycles. The highest BCUT2D eigenvalue weighted by Gasteiger charge is 2.15. The highest BCUT2D eigenvalue weighted by Crippen LogP contribution is 2.29. The Morgan fingerprint density at radius 3 is 2.68 bits per heavy atom. The van der Waals surface area contributed by atoms with Crippen LogP contribution in [0.3, 0.4) is 0 Å². The average molecular weight is 397 g/mol. The molecule has 1 N–H and O–H groups in total. The zero-order valence-corrected chi connectivity index (χ0v) is 16.8. The summed E-state index contributed by atoms with van der Waals surface area (Å²) in [5, 5.41) is 4.15. The van der Waals surface area contributed by atoms with Crippen molar-refractivity contribution in [1.29, 1.82) is 0 Å². The molecule has 1 aromatic carbocycles. The number of pyridine rings is 1. The number of benzene rings is 1. The van der Waals surface area contributed by atoms with E-state index in [0.717, 1.165) is 55.6 Å². The molecule has 0 radical (unpaired) electrons. The minimum atomic E-state index is 0.663. The van der Waals surface area contributed by atoms with Crippen LogP contribution in [0.25, 0.3) is 11.3 Å². The second-order valence-corrected chi connectivity index (χ2v) is 7.57. The molecule has 2 aromatic heterocycles. The summed E-state index contributed by atoms with van der Waals surface area (Å²) < 4.78 is 5.95. The van der Waals surface area contributed by atoms with Gasteiger partial charge in [0.15, 0.2) is 0 Å². The molecule has 0 saturated carbocycles. The van der Waals surface area contributed by atoms with Crippen LogP contribution in [0.2, 0.25) is 5.02 Å². The Hall–Kier alpha value is -2.34. The normalized spacial score (nSPS) is 15.1. The maximum absolute atomic E-state index is 6.25. The van der Waals surface area contributed by atoms with Crippen LogP contribution in [-0.2, 0) is 13.1 Å². The number of piperazine rings is 1. The predicted octanol–water partition coefficient (Wildman–Crippen LogP) is 4.04. The van der Waals surface area contributed by atoms with Crippen molar-refractivity contribution in [1.82, 2.24) is 15.2 Å². The smallest absolute Gasteiger partial charge is 0.135 e. The van der Waals surface area contributed by atoms with Crippen LogP contribution in [-0.4, -0.2) is 43.1 Å². The molecule has 3 heterocycles. The first kappa shape index (κ1) is 19.0. The summed E-state index contributed by atoms with van der Waals surface area (Å²) >= 11 is 6.25. The maximum Gasteiger partial charge on any atom is 0.135 e. The van der Waals surface area contributed by atoms with E-state index < -0.39 is 0 Å². The number of hydrogen-bond donors (Lipinski definition) is 1. The largest absolute Gasteiger partial charge is 0.460 e. The monoisotopic (exact) mass is 396 g/mol. The maximum atomic E-state index is 6.25. The van der Waals surface area contributed by atoms with Crippen molar-refractivity contribution in [3.63, 3.8) is 0 Å². The first-order chi connectivity index (χ1) is 13.7. The Balaban J connectivity index is 1.33. The molecular formula is C22H25ClN4O. The number of aromatic nitrogens is 1. The number of halogens is 1. The summed E-state index contributed by atoms with van der Waals surface area (Å²) in [6.07, 6.45) is 1.90. The number of nitrogens with zero attached hydrogens (tertiary/aromatic N) is 3. The highest BCUT2D eigenvalue weighted by atomic mass is 35.5. The SMILES string of the molecule is CN1CCN(c2cc(CNCc3ccc(-c4ccccc4Cl)o3)ccn2)CC1. The van der Waals surface area contributed by atoms with Gasteiger partial charge < -0.3 is 19.5 Å². The zero-order chi connectivity index (χ0) is 19.3. The van der Waals surface area contributed by atoms with Crippen LogP contribution in [0.4, 0.5) is 5.82 Å². The fraction of sp³-hybridized carbons (Fsp3) is 0.318. The molecule has 1 aliphatic heterocycles. The molecule has 1 aliphatic rings. The second kappa shape index (κ2) is 8.78. The Labute approximate surface area is 170 Å². The van der Waals surface area contributed by atoms with E-state index in [1.807, 2.05) is 42.6 Å². The number of rotatable bonds is 6. The quantitative estimate of drug-likeness (QED) is 0.681. The Kier molecular flexibility index (Phi) is 5.95. The van der Waals surface area contributed by atoms with Gasteiger partial charge in [0.1, 0.15) is 17.3 Å². The fourth-order valence-electron chi connectivity index (χ4n) is 3.39. The molecule has 0 atom stereocenters. The van der Waals surface area contributed by atoms with E-state index in [1.54, 1.807) is 0 Å². The van der Waals surface area contributed by atoms with Crippen molar-refractivity contribution >= 4 is 17.4 Å². The fourth-order valence-corrected chi connectivity index (χ4v) is 3.62. The molecule has 146 valence electrons. The van der Waals surface area contributed by atoms with Crippen LogP contribution in [0.1, 0.15) is 11.3 Å². The van der Waals surface area contributed by atoms with Gasteiger partial charge in [-0.1, -0.05) is 23.7 Å². The van der Waals surface area contributed by atoms with Gasteiger partial charge in [0.2, 0.25) is 0 Å². The molecule has 0 unspecified atom stereocenters. The number of hydrogen-bond acceptors (Lipinski definition) is 5. The predicted molar refractivity (Wildman–Crippen MR) is 114 cm³/mol. The lowest BCUT2D eigenvalue weighted by atomic mass is 10.2. The van der Waals surface area contributed by atoms with Crippen molar-refractivity contribution in [2.45, 2.75) is 13.1 Å². The highest BCUT2D eigenvalue weighted by molar-refractivity contribution is 6.33. The standard InChI is InChI=1S/C22H25ClN4O/c1-26-10-12-27(13-11-26)22-14-17(8-9-25-22)15-24-16-18-6-7-21(28-18)19-4-2-3-5-20(19)23/h2-9,14,24H,10-13,15-16H2,1H3. The van der Waals surface area contributed by atoms with Crippen molar-refractivity contribution in [3.8, 4) is 11.3 Å². The average Bonchev–Trinajstić information content (AvgIpc) is 3.18. The van der Waals surface area contributed by atoms with Crippen molar-refractivity contribution in [2.24, 2.45) is 0 Å². The third-order valence-electron chi connectivity index (χ3n) is 5.07. The third-order valence-corrected chi connectivity index (χ3v) is 5.40. The molecule has 0 amide bonds. The van der Waals surface area contributed by atoms with E-state index in [2.05, 4.69) is 39.3 Å². The summed E-state index contributed by atoms with van der Waals surface area (Å²) in [7, 11) is 2.16. The van der Waals surface area contributed by atoms with Gasteiger partial charge in [-0.3, -0.25) is 0 Å². The lowest BCUT2D eigenvalue weighted by Crippen LogP contribution is -2.44. The summed E-state index contributed by atoms with van der Waals surface area (Å²) in [6.45, 7) is 5.64. The minimum absolute atomic E-state index is 0.663. The van der Waals surface area contributed by atoms with Gasteiger partial charge in [-0.2, -0.15) is 0 Å². The van der Waals surface area contributed by atoms with Crippen LogP contribution >= 0.6 is 11.6 Å². The number of anilines is 1. The lowest BCUT2D eigenvalue weighted by Gasteiger charge is -2.33. The van der Waals surface area contributed by atoms with Crippen molar-refractivity contribution < 1.29 is 4.42 Å². The zero-order valence-electron chi connectivity index (χ0n) is 16.1. The number of furan rings is 1. The van der Waals surface area contributed by atoms with Gasteiger partial charge in [-0.25, -0.2) is 4.98 Å². The van der Waals surface area contributed by atoms with E-state index >= 15 is 0 Å². The molecular weight excluding hydrogens is 372 g/mol. The van der Waals surface area contributed by atoms with Gasteiger partial charge in [-0.05, 0) is 49.0 Å². The van der Waals surface area contributed by atoms with E-state index in [-0.39, 0.29) is 0 Å². The van der Waals surface area contributed by atoms with Crippen LogP contribution in [0.5, 0.6) is 0 Å². The van der Waals surface area contributed by atoms with Crippen molar-refractivity contribution in [3.05, 3.63) is 71.1 Å². The molecule has 28 heavy (non-hydrogen) atoms. The molecule has 0 spiro atoms. The molecule has 0 bridgehead atoms. The van der Waals surface area contributed by atoms with E-state index in [4.69, 9.17) is 16.0 Å². The Morgan fingerprint density at radius 1 is 1.04 bits per heavy atom. The third kappa shape index (κ3) is 4.55. The summed E-state index contributed by atoms with van der Waals surface area (Å²) in [5.41, 5.74) is 2.14. The first-order valence-corrected chi connectivity index (χ1v) is 9.99. The lowest BCUT2D eigenvalue weighted by molar-refractivity contribution is 0.312. The van der Waals surface area contributed by atoms with Gasteiger partial charge in [-0.15, -0.1) is 0 Å². The minimum Gasteiger partial charge on any atom is -0.460 e. The van der Waals surface area contributed by atoms with Crippen LogP contribution in [0, 0.1) is 0 Å². The van der Waals surface area contributed by atoms with Crippen LogP contribution < -0.4 is 10.2 Å². The van der Waals surface area contributed by atoms with Gasteiger partial charge >= 0.3 is 0 Å². The van der Waals surface area contributed by atoms with Crippen molar-refractivity contribution in [2.75, 3.05) is 38.1 Å². The van der Waals surface area contributed by atoms with Gasteiger partial charge in [0, 0.05) is 44.5 Å². The Morgan fingerprint density at radius 2 is 1.86 bits per heavy atom. The molecule has 1 fully saturated rings. The molecule has 5 nitrogen and oxygen atoms in total. The molecule has 0 aliphatic carbocycles. The summed E-state index contributed by atoms with van der Waals surface area (Å²) in [5.74, 6) is 2.75. The first-order valence-electron chi connectivity index (χ1n) is 9.62. The van der Waals surface area contributed by atoms with E-state index in [1.165, 1.54) is 5.56 Å². The topological polar surface area (TPSA) is 44.5 Å². The van der Waals surface area contributed by atoms with Gasteiger partial charge in [0.25, 0.3) is 0 Å². The van der Waals surface area contributed by atoms with E-state index in [0.29, 0.717) is 11.6 Å². The van der Waals surface area contributed by atoms with E-state index in [9.17, 15) is 0 Å². The molecule has 3 aromatic rings. The molecule has 4 rings (SSSR count). The van der Waals surface area contributed by atoms with Gasteiger partial charge in [0.05, 0.1) is 11.6 Å². The summed E-state index contributed by atoms with van der Waals surface area (Å²) in [4.78, 5) is 9.25. The summed E-state index contributed by atoms with van der Waals surface area (Å²) in [6, 6.07) is 15.9. The van der Waals surface area contributed by atoms with Crippen LogP contribution in [0.15, 0.2) is 59.1 Å².